The third-order valence-corrected chi connectivity index (χ3v) is 2.24. The maximum Gasteiger partial charge on any atom is 0.267 e. The molecule has 0 aliphatic heterocycles. The first-order chi connectivity index (χ1) is 7.77. The summed E-state index contributed by atoms with van der Waals surface area (Å²) in [5, 5.41) is 2.63. The Balaban J connectivity index is 1.98. The lowest BCUT2D eigenvalue weighted by molar-refractivity contribution is 0.0946. The van der Waals surface area contributed by atoms with Crippen LogP contribution in [0.5, 0.6) is 0 Å². The molecule has 3 nitrogen and oxygen atoms in total. The number of rotatable bonds is 3. The van der Waals surface area contributed by atoms with Crippen LogP contribution in [-0.2, 0) is 6.54 Å². The van der Waals surface area contributed by atoms with Crippen molar-refractivity contribution in [1.82, 2.24) is 10.3 Å². The molecular weight excluding hydrogens is 207 g/mol. The zero-order valence-corrected chi connectivity index (χ0v) is 8.53. The topological polar surface area (TPSA) is 44.9 Å². The molecule has 1 aromatic heterocycles. The number of aromatic nitrogens is 1. The van der Waals surface area contributed by atoms with E-state index in [1.54, 1.807) is 36.5 Å². The number of carbonyl (C=O) groups is 1. The Labute approximate surface area is 92.3 Å². The molecule has 2 aromatic rings. The average Bonchev–Trinajstić information content (AvgIpc) is 2.81. The minimum Gasteiger partial charge on any atom is -0.357 e. The first kappa shape index (κ1) is 10.4. The number of H-pyrrole nitrogens is 1. The standard InChI is InChI=1S/C12H11FN2O/c13-10-5-2-1-4-9(10)8-15-12(16)11-6-3-7-14-11/h1-7,14H,8H2,(H,15,16). The predicted molar refractivity (Wildman–Crippen MR) is 58.4 cm³/mol. The molecule has 0 saturated heterocycles. The van der Waals surface area contributed by atoms with E-state index in [1.807, 2.05) is 0 Å². The molecule has 0 aliphatic rings. The van der Waals surface area contributed by atoms with Gasteiger partial charge in [-0.25, -0.2) is 4.39 Å². The van der Waals surface area contributed by atoms with Gasteiger partial charge in [-0.15, -0.1) is 0 Å². The van der Waals surface area contributed by atoms with Crippen LogP contribution in [-0.4, -0.2) is 10.9 Å². The van der Waals surface area contributed by atoms with E-state index in [0.29, 0.717) is 11.3 Å². The summed E-state index contributed by atoms with van der Waals surface area (Å²) in [4.78, 5) is 14.3. The van der Waals surface area contributed by atoms with Crippen LogP contribution >= 0.6 is 0 Å². The van der Waals surface area contributed by atoms with Crippen molar-refractivity contribution in [3.05, 3.63) is 59.7 Å². The summed E-state index contributed by atoms with van der Waals surface area (Å²) < 4.78 is 13.2. The fourth-order valence-electron chi connectivity index (χ4n) is 1.38. The molecule has 0 aliphatic carbocycles. The van der Waals surface area contributed by atoms with Gasteiger partial charge in [0, 0.05) is 18.3 Å². The largest absolute Gasteiger partial charge is 0.357 e. The van der Waals surface area contributed by atoms with Gasteiger partial charge < -0.3 is 10.3 Å². The molecule has 0 atom stereocenters. The van der Waals surface area contributed by atoms with Crippen LogP contribution in [0.1, 0.15) is 16.1 Å². The minimum absolute atomic E-state index is 0.185. The molecule has 1 heterocycles. The molecule has 0 saturated carbocycles. The normalized spacial score (nSPS) is 10.1. The lowest BCUT2D eigenvalue weighted by Crippen LogP contribution is -2.23. The Hall–Kier alpha value is -2.10. The number of benzene rings is 1. The van der Waals surface area contributed by atoms with Crippen LogP contribution in [0.3, 0.4) is 0 Å². The van der Waals surface area contributed by atoms with E-state index in [-0.39, 0.29) is 18.3 Å². The van der Waals surface area contributed by atoms with Crippen LogP contribution in [0.15, 0.2) is 42.6 Å². The first-order valence-electron chi connectivity index (χ1n) is 4.92. The SMILES string of the molecule is O=C(NCc1ccccc1F)c1ccc[nH]1. The Bertz CT molecular complexity index is 480. The fourth-order valence-corrected chi connectivity index (χ4v) is 1.38. The summed E-state index contributed by atoms with van der Waals surface area (Å²) in [6.07, 6.45) is 1.66. The van der Waals surface area contributed by atoms with Crippen molar-refractivity contribution in [1.29, 1.82) is 0 Å². The number of hydrogen-bond acceptors (Lipinski definition) is 1. The van der Waals surface area contributed by atoms with Gasteiger partial charge in [-0.05, 0) is 18.2 Å². The molecule has 1 aromatic carbocycles. The van der Waals surface area contributed by atoms with Crippen LogP contribution in [0.25, 0.3) is 0 Å². The fraction of sp³-hybridized carbons (Fsp3) is 0.0833. The maximum atomic E-state index is 13.2. The van der Waals surface area contributed by atoms with Crippen LogP contribution in [0, 0.1) is 5.82 Å². The Morgan fingerprint density at radius 1 is 1.25 bits per heavy atom. The highest BCUT2D eigenvalue weighted by Gasteiger charge is 2.06. The highest BCUT2D eigenvalue weighted by Crippen LogP contribution is 2.05. The number of hydrogen-bond donors (Lipinski definition) is 2. The molecule has 0 unspecified atom stereocenters. The van der Waals surface area contributed by atoms with Crippen LogP contribution in [0.4, 0.5) is 4.39 Å². The van der Waals surface area contributed by atoms with E-state index in [9.17, 15) is 9.18 Å². The molecule has 1 amide bonds. The Kier molecular flexibility index (Phi) is 3.00. The van der Waals surface area contributed by atoms with Gasteiger partial charge in [0.05, 0.1) is 0 Å². The smallest absolute Gasteiger partial charge is 0.267 e. The van der Waals surface area contributed by atoms with Gasteiger partial charge in [0.2, 0.25) is 0 Å². The molecule has 16 heavy (non-hydrogen) atoms. The summed E-state index contributed by atoms with van der Waals surface area (Å²) in [5.74, 6) is -0.553. The van der Waals surface area contributed by atoms with Crippen molar-refractivity contribution >= 4 is 5.91 Å². The lowest BCUT2D eigenvalue weighted by atomic mass is 10.2. The zero-order valence-electron chi connectivity index (χ0n) is 8.53. The van der Waals surface area contributed by atoms with E-state index < -0.39 is 0 Å². The van der Waals surface area contributed by atoms with E-state index >= 15 is 0 Å². The molecule has 0 bridgehead atoms. The minimum atomic E-state index is -0.311. The second-order valence-electron chi connectivity index (χ2n) is 3.36. The molecule has 4 heteroatoms. The van der Waals surface area contributed by atoms with Gasteiger partial charge in [0.25, 0.3) is 5.91 Å². The van der Waals surface area contributed by atoms with Crippen molar-refractivity contribution in [2.45, 2.75) is 6.54 Å². The van der Waals surface area contributed by atoms with E-state index in [1.165, 1.54) is 6.07 Å². The highest BCUT2D eigenvalue weighted by atomic mass is 19.1. The number of halogens is 1. The number of amides is 1. The van der Waals surface area contributed by atoms with E-state index in [0.717, 1.165) is 0 Å². The van der Waals surface area contributed by atoms with Gasteiger partial charge in [0.15, 0.2) is 0 Å². The molecule has 0 fully saturated rings. The summed E-state index contributed by atoms with van der Waals surface area (Å²) in [6, 6.07) is 9.76. The zero-order chi connectivity index (χ0) is 11.4. The molecule has 0 radical (unpaired) electrons. The molecule has 2 rings (SSSR count). The Morgan fingerprint density at radius 2 is 2.06 bits per heavy atom. The average molecular weight is 218 g/mol. The van der Waals surface area contributed by atoms with Gasteiger partial charge in [-0.2, -0.15) is 0 Å². The van der Waals surface area contributed by atoms with Crippen molar-refractivity contribution in [3.8, 4) is 0 Å². The van der Waals surface area contributed by atoms with Crippen molar-refractivity contribution < 1.29 is 9.18 Å². The van der Waals surface area contributed by atoms with Crippen LogP contribution < -0.4 is 5.32 Å². The van der Waals surface area contributed by atoms with Gasteiger partial charge >= 0.3 is 0 Å². The van der Waals surface area contributed by atoms with E-state index in [2.05, 4.69) is 10.3 Å². The van der Waals surface area contributed by atoms with Crippen molar-refractivity contribution in [2.24, 2.45) is 0 Å². The molecule has 2 N–H and O–H groups in total. The summed E-state index contributed by atoms with van der Waals surface area (Å²) in [5.41, 5.74) is 0.943. The molecular formula is C12H11FN2O. The number of nitrogens with one attached hydrogen (secondary N) is 2. The molecule has 0 spiro atoms. The first-order valence-corrected chi connectivity index (χ1v) is 4.92. The lowest BCUT2D eigenvalue weighted by Gasteiger charge is -2.04. The maximum absolute atomic E-state index is 13.2. The summed E-state index contributed by atoms with van der Waals surface area (Å²) in [7, 11) is 0. The van der Waals surface area contributed by atoms with Gasteiger partial charge in [-0.3, -0.25) is 4.79 Å². The number of aromatic amines is 1. The summed E-state index contributed by atoms with van der Waals surface area (Å²) in [6.45, 7) is 0.185. The third-order valence-electron chi connectivity index (χ3n) is 2.24. The second-order valence-corrected chi connectivity index (χ2v) is 3.36. The Morgan fingerprint density at radius 3 is 2.75 bits per heavy atom. The monoisotopic (exact) mass is 218 g/mol. The quantitative estimate of drug-likeness (QED) is 0.814. The van der Waals surface area contributed by atoms with Crippen molar-refractivity contribution in [2.75, 3.05) is 0 Å². The van der Waals surface area contributed by atoms with Gasteiger partial charge in [0.1, 0.15) is 11.5 Å². The van der Waals surface area contributed by atoms with Crippen molar-refractivity contribution in [3.63, 3.8) is 0 Å². The highest BCUT2D eigenvalue weighted by molar-refractivity contribution is 5.92. The summed E-state index contributed by atoms with van der Waals surface area (Å²) >= 11 is 0. The van der Waals surface area contributed by atoms with E-state index in [4.69, 9.17) is 0 Å². The number of carbonyl (C=O) groups excluding carboxylic acids is 1. The predicted octanol–water partition coefficient (Wildman–Crippen LogP) is 2.08. The second kappa shape index (κ2) is 4.61. The van der Waals surface area contributed by atoms with Crippen LogP contribution in [0.2, 0.25) is 0 Å². The third kappa shape index (κ3) is 2.28. The van der Waals surface area contributed by atoms with Gasteiger partial charge in [-0.1, -0.05) is 18.2 Å². The molecule has 82 valence electrons.